The minimum atomic E-state index is -0.824. The van der Waals surface area contributed by atoms with Crippen molar-refractivity contribution in [3.63, 3.8) is 0 Å². The Morgan fingerprint density at radius 2 is 1.74 bits per heavy atom. The molecule has 1 aromatic rings. The van der Waals surface area contributed by atoms with Gasteiger partial charge in [0.25, 0.3) is 0 Å². The topological polar surface area (TPSA) is 96.9 Å². The molecule has 0 aromatic carbocycles. The second-order valence-corrected chi connectivity index (χ2v) is 7.87. The molecule has 1 fully saturated rings. The number of nitrogens with zero attached hydrogens (tertiary/aromatic N) is 1. The van der Waals surface area contributed by atoms with Gasteiger partial charge in [-0.1, -0.05) is 12.8 Å². The summed E-state index contributed by atoms with van der Waals surface area (Å²) in [7, 11) is 0. The van der Waals surface area contributed by atoms with Crippen molar-refractivity contribution in [2.24, 2.45) is 5.10 Å². The molecule has 27 heavy (non-hydrogen) atoms. The molecule has 0 radical (unpaired) electrons. The molecular weight excluding hydrogens is 366 g/mol. The van der Waals surface area contributed by atoms with Crippen LogP contribution in [0.5, 0.6) is 0 Å². The lowest BCUT2D eigenvalue weighted by Crippen LogP contribution is -2.33. The third-order valence-corrected chi connectivity index (χ3v) is 6.04. The van der Waals surface area contributed by atoms with Crippen molar-refractivity contribution in [1.82, 2.24) is 5.43 Å². The summed E-state index contributed by atoms with van der Waals surface area (Å²) in [6.45, 7) is 2.00. The van der Waals surface area contributed by atoms with Crippen molar-refractivity contribution in [3.05, 3.63) is 16.0 Å². The first kappa shape index (κ1) is 19.5. The van der Waals surface area contributed by atoms with E-state index >= 15 is 0 Å². The number of esters is 1. The third kappa shape index (κ3) is 4.74. The van der Waals surface area contributed by atoms with Gasteiger partial charge in [0, 0.05) is 10.6 Å². The van der Waals surface area contributed by atoms with Crippen LogP contribution in [0.4, 0.5) is 5.00 Å². The van der Waals surface area contributed by atoms with Crippen LogP contribution in [-0.2, 0) is 27.2 Å². The molecule has 2 amide bonds. The number of carbonyl (C=O) groups is 3. The largest absolute Gasteiger partial charge is 0.462 e. The quantitative estimate of drug-likeness (QED) is 0.356. The van der Waals surface area contributed by atoms with Crippen molar-refractivity contribution >= 4 is 39.8 Å². The summed E-state index contributed by atoms with van der Waals surface area (Å²) >= 11 is 1.35. The summed E-state index contributed by atoms with van der Waals surface area (Å²) in [5.41, 5.74) is 4.61. The van der Waals surface area contributed by atoms with Crippen molar-refractivity contribution < 1.29 is 19.1 Å². The molecule has 8 heteroatoms. The van der Waals surface area contributed by atoms with Crippen molar-refractivity contribution in [3.8, 4) is 0 Å². The van der Waals surface area contributed by atoms with E-state index in [1.807, 2.05) is 0 Å². The molecule has 0 spiro atoms. The molecule has 0 aliphatic heterocycles. The van der Waals surface area contributed by atoms with Crippen LogP contribution in [0.3, 0.4) is 0 Å². The smallest absolute Gasteiger partial charge is 0.341 e. The van der Waals surface area contributed by atoms with Gasteiger partial charge < -0.3 is 10.1 Å². The molecular formula is C19H25N3O4S. The molecule has 3 rings (SSSR count). The minimum absolute atomic E-state index is 0.259. The Labute approximate surface area is 162 Å². The average molecular weight is 391 g/mol. The number of carbonyl (C=O) groups excluding carboxylic acids is 3. The van der Waals surface area contributed by atoms with Crippen LogP contribution in [0.15, 0.2) is 5.10 Å². The SMILES string of the molecule is CCOC(=O)c1c(NC(=O)C(=O)NN=C2CCCCCC2)sc2c1CCC2. The van der Waals surface area contributed by atoms with E-state index in [1.54, 1.807) is 6.92 Å². The van der Waals surface area contributed by atoms with Crippen LogP contribution in [0, 0.1) is 0 Å². The summed E-state index contributed by atoms with van der Waals surface area (Å²) in [6.07, 6.45) is 8.83. The van der Waals surface area contributed by atoms with Gasteiger partial charge in [0.15, 0.2) is 0 Å². The number of amides is 2. The number of nitrogens with one attached hydrogen (secondary N) is 2. The van der Waals surface area contributed by atoms with Gasteiger partial charge in [0.05, 0.1) is 12.2 Å². The molecule has 7 nitrogen and oxygen atoms in total. The summed E-state index contributed by atoms with van der Waals surface area (Å²) in [4.78, 5) is 37.8. The number of thiophene rings is 1. The summed E-state index contributed by atoms with van der Waals surface area (Å²) in [5, 5.41) is 7.08. The number of rotatable bonds is 4. The molecule has 2 aliphatic rings. The van der Waals surface area contributed by atoms with Gasteiger partial charge in [0.1, 0.15) is 5.00 Å². The van der Waals surface area contributed by atoms with Crippen LogP contribution in [-0.4, -0.2) is 30.1 Å². The van der Waals surface area contributed by atoms with E-state index in [-0.39, 0.29) is 6.61 Å². The molecule has 2 aliphatic carbocycles. The highest BCUT2D eigenvalue weighted by Crippen LogP contribution is 2.39. The zero-order valence-corrected chi connectivity index (χ0v) is 16.4. The maximum Gasteiger partial charge on any atom is 0.341 e. The van der Waals surface area contributed by atoms with E-state index in [0.29, 0.717) is 10.6 Å². The monoisotopic (exact) mass is 391 g/mol. The number of aryl methyl sites for hydroxylation is 1. The first-order valence-electron chi connectivity index (χ1n) is 9.58. The first-order chi connectivity index (χ1) is 13.1. The first-order valence-corrected chi connectivity index (χ1v) is 10.4. The van der Waals surface area contributed by atoms with E-state index in [1.165, 1.54) is 24.2 Å². The van der Waals surface area contributed by atoms with E-state index in [9.17, 15) is 14.4 Å². The highest BCUT2D eigenvalue weighted by atomic mass is 32.1. The Morgan fingerprint density at radius 1 is 1.00 bits per heavy atom. The van der Waals surface area contributed by atoms with Gasteiger partial charge in [-0.2, -0.15) is 5.10 Å². The van der Waals surface area contributed by atoms with Gasteiger partial charge in [-0.15, -0.1) is 11.3 Å². The number of hydrazone groups is 1. The van der Waals surface area contributed by atoms with E-state index < -0.39 is 17.8 Å². The van der Waals surface area contributed by atoms with Gasteiger partial charge >= 0.3 is 17.8 Å². The Balaban J connectivity index is 1.67. The van der Waals surface area contributed by atoms with Gasteiger partial charge in [-0.05, 0) is 57.4 Å². The molecule has 0 saturated heterocycles. The predicted octanol–water partition coefficient (Wildman–Crippen LogP) is 3.18. The minimum Gasteiger partial charge on any atom is -0.462 e. The summed E-state index contributed by atoms with van der Waals surface area (Å²) in [5.74, 6) is -2.10. The molecule has 2 N–H and O–H groups in total. The molecule has 0 unspecified atom stereocenters. The lowest BCUT2D eigenvalue weighted by atomic mass is 10.1. The Hall–Kier alpha value is -2.22. The summed E-state index contributed by atoms with van der Waals surface area (Å²) < 4.78 is 5.13. The third-order valence-electron chi connectivity index (χ3n) is 4.83. The zero-order valence-electron chi connectivity index (χ0n) is 15.6. The van der Waals surface area contributed by atoms with Crippen molar-refractivity contribution in [2.45, 2.75) is 64.7 Å². The number of hydrogen-bond donors (Lipinski definition) is 2. The molecule has 1 heterocycles. The van der Waals surface area contributed by atoms with Gasteiger partial charge in [-0.25, -0.2) is 10.2 Å². The maximum absolute atomic E-state index is 12.3. The fourth-order valence-electron chi connectivity index (χ4n) is 3.50. The van der Waals surface area contributed by atoms with Crippen molar-refractivity contribution in [2.75, 3.05) is 11.9 Å². The number of ether oxygens (including phenoxy) is 1. The highest BCUT2D eigenvalue weighted by molar-refractivity contribution is 7.17. The second kappa shape index (κ2) is 9.12. The van der Waals surface area contributed by atoms with E-state index in [4.69, 9.17) is 4.74 Å². The van der Waals surface area contributed by atoms with Crippen LogP contribution >= 0.6 is 11.3 Å². The fraction of sp³-hybridized carbons (Fsp3) is 0.579. The average Bonchev–Trinajstić information content (AvgIpc) is 3.11. The number of hydrogen-bond acceptors (Lipinski definition) is 6. The van der Waals surface area contributed by atoms with Crippen LogP contribution < -0.4 is 10.7 Å². The van der Waals surface area contributed by atoms with E-state index in [0.717, 1.165) is 61.1 Å². The predicted molar refractivity (Wildman–Crippen MR) is 104 cm³/mol. The Morgan fingerprint density at radius 3 is 2.44 bits per heavy atom. The lowest BCUT2D eigenvalue weighted by molar-refractivity contribution is -0.136. The lowest BCUT2D eigenvalue weighted by Gasteiger charge is -2.08. The molecule has 0 atom stereocenters. The molecule has 1 saturated carbocycles. The molecule has 146 valence electrons. The highest BCUT2D eigenvalue weighted by Gasteiger charge is 2.29. The standard InChI is InChI=1S/C19H25N3O4S/c1-2-26-19(25)15-13-10-7-11-14(13)27-18(15)20-16(23)17(24)22-21-12-8-5-3-4-6-9-12/h2-11H2,1H3,(H,20,23)(H,22,24). The number of fused-ring (bicyclic) bond motifs is 1. The number of anilines is 1. The zero-order chi connectivity index (χ0) is 19.2. The maximum atomic E-state index is 12.3. The molecule has 0 bridgehead atoms. The van der Waals surface area contributed by atoms with Gasteiger partial charge in [0.2, 0.25) is 0 Å². The van der Waals surface area contributed by atoms with Crippen LogP contribution in [0.2, 0.25) is 0 Å². The van der Waals surface area contributed by atoms with Crippen molar-refractivity contribution in [1.29, 1.82) is 0 Å². The fourth-order valence-corrected chi connectivity index (χ4v) is 4.77. The molecule has 1 aromatic heterocycles. The normalized spacial score (nSPS) is 16.3. The van der Waals surface area contributed by atoms with Gasteiger partial charge in [-0.3, -0.25) is 9.59 Å². The van der Waals surface area contributed by atoms with E-state index in [2.05, 4.69) is 15.8 Å². The van der Waals surface area contributed by atoms with Crippen LogP contribution in [0.1, 0.15) is 72.7 Å². The Bertz CT molecular complexity index is 759. The second-order valence-electron chi connectivity index (χ2n) is 6.77. The summed E-state index contributed by atoms with van der Waals surface area (Å²) in [6, 6.07) is 0. The Kier molecular flexibility index (Phi) is 6.60. The van der Waals surface area contributed by atoms with Crippen LogP contribution in [0.25, 0.3) is 0 Å².